The molecule has 0 spiro atoms. The molecule has 4 aliphatic carbocycles. The van der Waals surface area contributed by atoms with Gasteiger partial charge >= 0.3 is 0 Å². The second-order valence-electron chi connectivity index (χ2n) is 46.6. The highest BCUT2D eigenvalue weighted by Crippen LogP contribution is 2.60. The van der Waals surface area contributed by atoms with Crippen LogP contribution in [0, 0.1) is 69.2 Å². The summed E-state index contributed by atoms with van der Waals surface area (Å²) in [6.45, 7) is 43.0. The summed E-state index contributed by atoms with van der Waals surface area (Å²) in [6, 6.07) is 102. The number of rotatable bonds is 36. The second kappa shape index (κ2) is 38.6. The Kier molecular flexibility index (Phi) is 26.0. The maximum atomic E-state index is 2.78. The van der Waals surface area contributed by atoms with E-state index in [-0.39, 0.29) is 35.1 Å². The van der Waals surface area contributed by atoms with Crippen molar-refractivity contribution in [2.75, 3.05) is 0 Å². The van der Waals surface area contributed by atoms with E-state index in [1.54, 1.807) is 22.3 Å². The predicted octanol–water partition coefficient (Wildman–Crippen LogP) is 35.7. The van der Waals surface area contributed by atoms with Gasteiger partial charge < -0.3 is 4.57 Å². The van der Waals surface area contributed by atoms with E-state index < -0.39 is 0 Å². The van der Waals surface area contributed by atoms with Gasteiger partial charge in [-0.25, -0.2) is 0 Å². The smallest absolute Gasteiger partial charge is 0.247 e. The van der Waals surface area contributed by atoms with Gasteiger partial charge in [0.1, 0.15) is 0 Å². The summed E-state index contributed by atoms with van der Waals surface area (Å²) in [4.78, 5) is 0. The lowest BCUT2D eigenvalue weighted by molar-refractivity contribution is 0.398. The highest BCUT2D eigenvalue weighted by Gasteiger charge is 2.48. The Morgan fingerprint density at radius 1 is 0.217 bits per heavy atom. The van der Waals surface area contributed by atoms with Gasteiger partial charge in [0.15, 0.2) is 0 Å². The summed E-state index contributed by atoms with van der Waals surface area (Å²) >= 11 is 0. The van der Waals surface area contributed by atoms with Crippen molar-refractivity contribution in [3.8, 4) is 117 Å². The van der Waals surface area contributed by atoms with Crippen LogP contribution in [0.15, 0.2) is 249 Å². The van der Waals surface area contributed by atoms with E-state index in [1.165, 1.54) is 429 Å². The maximum absolute atomic E-state index is 2.78. The Hall–Kier alpha value is -11.8. The number of hydrogen-bond donors (Lipinski definition) is 0. The monoisotopic (exact) mass is 1870 g/mol. The first-order valence-electron chi connectivity index (χ1n) is 56.2. The van der Waals surface area contributed by atoms with E-state index in [9.17, 15) is 0 Å². The molecule has 16 aromatic rings. The number of aryl methyl sites for hydroxylation is 10. The summed E-state index contributed by atoms with van der Waals surface area (Å²) in [7, 11) is 0. The molecule has 6 aliphatic rings. The fraction of sp³-hybridized carbons (Fsp3) is 0.357. The highest BCUT2D eigenvalue weighted by molar-refractivity contribution is 7.02. The van der Waals surface area contributed by atoms with Crippen molar-refractivity contribution < 1.29 is 0 Å². The van der Waals surface area contributed by atoms with Crippen molar-refractivity contribution in [2.24, 2.45) is 0 Å². The topological polar surface area (TPSA) is 4.93 Å². The van der Waals surface area contributed by atoms with Gasteiger partial charge in [-0.2, -0.15) is 0 Å². The lowest BCUT2D eigenvalue weighted by Crippen LogP contribution is -2.64. The SMILES string of the molecule is CCCCCCCCC1(CCCCCCCC)c2ccccc2-c2ccc(-c3ccc4c(c3)C(C)(C)c3cc(-c5cc(C)c(-c6cc7c8c(c6)c6cc(-c9c(C)cc(-c%10ccc%11c(c%10)C(C)(C)c%10cc(-c%12ccc%13c(c%12)C(CCCCCCCC)(CCCCCCCC)c%12ccccc%12-%13)ccc%10-%11)cc9C)cc9c6n8-c6c(cccc6B9c6c(C)cc(C)cc6C)B7c6c(C)cc(C)cc6C)c(C)c5)ccc3-4)cc21. The number of aromatic nitrogens is 1. The van der Waals surface area contributed by atoms with Crippen LogP contribution in [0.5, 0.6) is 0 Å². The minimum absolute atomic E-state index is 0.0188. The number of para-hydroxylation sites is 1. The maximum Gasteiger partial charge on any atom is 0.247 e. The molecule has 0 radical (unpaired) electrons. The Balaban J connectivity index is 0.622. The Bertz CT molecular complexity index is 7160. The first-order chi connectivity index (χ1) is 69.4. The van der Waals surface area contributed by atoms with Crippen LogP contribution >= 0.6 is 0 Å². The minimum atomic E-state index is -0.220. The number of unbranched alkanes of at least 4 members (excludes halogenated alkanes) is 20. The third-order valence-electron chi connectivity index (χ3n) is 36.3. The molecule has 0 saturated heterocycles. The van der Waals surface area contributed by atoms with Crippen LogP contribution in [0.3, 0.4) is 0 Å². The van der Waals surface area contributed by atoms with Crippen molar-refractivity contribution in [1.82, 2.24) is 4.57 Å². The Morgan fingerprint density at radius 2 is 0.483 bits per heavy atom. The van der Waals surface area contributed by atoms with Crippen LogP contribution in [-0.2, 0) is 21.7 Å². The molecule has 0 fully saturated rings. The van der Waals surface area contributed by atoms with E-state index in [0.717, 1.165) is 0 Å². The van der Waals surface area contributed by atoms with E-state index in [0.29, 0.717) is 0 Å². The van der Waals surface area contributed by atoms with Gasteiger partial charge in [-0.1, -0.05) is 454 Å². The van der Waals surface area contributed by atoms with E-state index in [2.05, 4.69) is 378 Å². The summed E-state index contributed by atoms with van der Waals surface area (Å²) in [5.41, 5.74) is 64.2. The zero-order chi connectivity index (χ0) is 98.8. The summed E-state index contributed by atoms with van der Waals surface area (Å²) in [5.74, 6) is 0. The molecule has 0 unspecified atom stereocenters. The zero-order valence-corrected chi connectivity index (χ0v) is 89.6. The van der Waals surface area contributed by atoms with Gasteiger partial charge in [0, 0.05) is 49.2 Å². The largest absolute Gasteiger partial charge is 0.311 e. The van der Waals surface area contributed by atoms with Crippen molar-refractivity contribution in [2.45, 2.75) is 326 Å². The van der Waals surface area contributed by atoms with Gasteiger partial charge in [-0.3, -0.25) is 0 Å². The molecule has 1 nitrogen and oxygen atoms in total. The molecule has 15 aromatic carbocycles. The van der Waals surface area contributed by atoms with E-state index in [4.69, 9.17) is 0 Å². The highest BCUT2D eigenvalue weighted by atomic mass is 15.0. The Labute approximate surface area is 858 Å². The standard InChI is InChI=1S/C140H151B2N/c1-19-23-27-31-35-43-66-139(67-44-36-32-28-24-20-2)118-50-41-39-48-108(118)114-64-56-100(84-124(114)139)98-54-60-110-112-62-58-102(82-122(112)137(15,16)120(110)80-98)104-74-90(7)130(91(8)75-104)106-78-116-117-79-107(87-129-135(117)143-134(116)128(86-106)141(132-94(11)70-88(5)71-95(132)12)126-52-47-53-127(136(126)143)142(129)133-96(13)72-89(6)73-97(133)14)131-92(9)76-105(77-93(131)10)103-59-63-113-111-61-55-99(81-121(111)138(17,18)123(113)83-103)101-57-65-115-109-49-40-42-51-119(109)140(125(115)85-101,68-45-37-33-29-25-21-3)69-46-38-34-30-26-22-4/h39-42,47-65,70-87H,19-38,43-46,66-69H2,1-18H3. The molecule has 22 rings (SSSR count). The van der Waals surface area contributed by atoms with Crippen LogP contribution in [-0.4, -0.2) is 18.0 Å². The van der Waals surface area contributed by atoms with Gasteiger partial charge in [-0.15, -0.1) is 0 Å². The first-order valence-corrected chi connectivity index (χ1v) is 56.2. The van der Waals surface area contributed by atoms with Crippen LogP contribution in [0.1, 0.15) is 335 Å². The lowest BCUT2D eigenvalue weighted by atomic mass is 9.30. The number of benzene rings is 15. The number of hydrogen-bond acceptors (Lipinski definition) is 0. The van der Waals surface area contributed by atoms with Gasteiger partial charge in [-0.05, 0) is 343 Å². The van der Waals surface area contributed by atoms with Gasteiger partial charge in [0.2, 0.25) is 13.4 Å². The molecule has 0 saturated carbocycles. The Morgan fingerprint density at radius 3 is 0.790 bits per heavy atom. The third kappa shape index (κ3) is 16.3. The molecule has 2 aliphatic heterocycles. The summed E-state index contributed by atoms with van der Waals surface area (Å²) < 4.78 is 2.78. The quantitative estimate of drug-likeness (QED) is 0.0272. The average molecular weight is 1870 g/mol. The fourth-order valence-corrected chi connectivity index (χ4v) is 29.6. The number of fused-ring (bicyclic) bond motifs is 13. The van der Waals surface area contributed by atoms with E-state index >= 15 is 0 Å². The summed E-state index contributed by atoms with van der Waals surface area (Å²) in [6.07, 6.45) is 36.6. The molecule has 3 heteroatoms. The van der Waals surface area contributed by atoms with Crippen LogP contribution in [0.2, 0.25) is 0 Å². The van der Waals surface area contributed by atoms with Crippen molar-refractivity contribution in [3.05, 3.63) is 349 Å². The van der Waals surface area contributed by atoms with Crippen molar-refractivity contribution in [3.63, 3.8) is 0 Å². The molecule has 0 atom stereocenters. The van der Waals surface area contributed by atoms with Gasteiger partial charge in [0.05, 0.1) is 0 Å². The first kappa shape index (κ1) is 96.0. The molecular formula is C140H151B2N. The summed E-state index contributed by atoms with van der Waals surface area (Å²) in [5, 5.41) is 2.65. The molecule has 0 bridgehead atoms. The molecule has 722 valence electrons. The van der Waals surface area contributed by atoms with Gasteiger partial charge in [0.25, 0.3) is 0 Å². The molecule has 0 amide bonds. The molecule has 1 aromatic heterocycles. The molecule has 3 heterocycles. The van der Waals surface area contributed by atoms with Crippen molar-refractivity contribution in [1.29, 1.82) is 0 Å². The lowest BCUT2D eigenvalue weighted by Gasteiger charge is -2.36. The average Bonchev–Trinajstić information content (AvgIpc) is 1.49. The van der Waals surface area contributed by atoms with Crippen LogP contribution in [0.4, 0.5) is 0 Å². The predicted molar refractivity (Wildman–Crippen MR) is 622 cm³/mol. The van der Waals surface area contributed by atoms with Crippen LogP contribution < -0.4 is 32.8 Å². The zero-order valence-electron chi connectivity index (χ0n) is 89.6. The molecule has 0 N–H and O–H groups in total. The fourth-order valence-electron chi connectivity index (χ4n) is 29.6. The van der Waals surface area contributed by atoms with E-state index in [1.807, 2.05) is 0 Å². The molecular weight excluding hydrogens is 1720 g/mol. The second-order valence-corrected chi connectivity index (χ2v) is 46.6. The minimum Gasteiger partial charge on any atom is -0.311 e. The number of nitrogens with zero attached hydrogens (tertiary/aromatic N) is 1. The van der Waals surface area contributed by atoms with Crippen molar-refractivity contribution >= 4 is 68.0 Å². The molecule has 143 heavy (non-hydrogen) atoms. The van der Waals surface area contributed by atoms with Crippen LogP contribution in [0.25, 0.3) is 139 Å². The normalized spacial score (nSPS) is 14.5. The third-order valence-corrected chi connectivity index (χ3v) is 36.3.